The fraction of sp³-hybridized carbons (Fsp3) is 0.241. The van der Waals surface area contributed by atoms with Crippen LogP contribution in [0.15, 0.2) is 71.7 Å². The highest BCUT2D eigenvalue weighted by molar-refractivity contribution is 6.58. The maximum Gasteiger partial charge on any atom is 0.488 e. The number of amides is 1. The molecule has 0 fully saturated rings. The highest BCUT2D eigenvalue weighted by Crippen LogP contribution is 2.34. The average molecular weight is 539 g/mol. The number of ether oxygens (including phenoxy) is 2. The Morgan fingerprint density at radius 2 is 1.75 bits per heavy atom. The Kier molecular flexibility index (Phi) is 7.95. The second-order valence-electron chi connectivity index (χ2n) is 9.40. The van der Waals surface area contributed by atoms with E-state index < -0.39 is 13.2 Å². The summed E-state index contributed by atoms with van der Waals surface area (Å²) in [5.74, 6) is 2.54. The first-order chi connectivity index (χ1) is 19.4. The summed E-state index contributed by atoms with van der Waals surface area (Å²) in [4.78, 5) is 17.7. The fourth-order valence-corrected chi connectivity index (χ4v) is 4.68. The molecule has 10 nitrogen and oxygen atoms in total. The fourth-order valence-electron chi connectivity index (χ4n) is 4.68. The lowest BCUT2D eigenvalue weighted by atomic mass is 9.80. The van der Waals surface area contributed by atoms with E-state index in [1.165, 1.54) is 0 Å². The van der Waals surface area contributed by atoms with Crippen molar-refractivity contribution in [2.75, 3.05) is 13.7 Å². The number of aromatic nitrogens is 3. The summed E-state index contributed by atoms with van der Waals surface area (Å²) in [7, 11) is 0.119. The molecule has 2 heterocycles. The van der Waals surface area contributed by atoms with Gasteiger partial charge >= 0.3 is 7.12 Å². The molecule has 1 atom stereocenters. The number of fused-ring (bicyclic) bond motifs is 3. The van der Waals surface area contributed by atoms with Crippen LogP contribution in [0.2, 0.25) is 0 Å². The Morgan fingerprint density at radius 3 is 2.42 bits per heavy atom. The summed E-state index contributed by atoms with van der Waals surface area (Å²) in [6.07, 6.45) is 0.133. The zero-order valence-corrected chi connectivity index (χ0v) is 22.5. The molecule has 11 heteroatoms. The first-order valence-electron chi connectivity index (χ1n) is 13.0. The van der Waals surface area contributed by atoms with Gasteiger partial charge in [0, 0.05) is 17.7 Å². The van der Waals surface area contributed by atoms with Crippen LogP contribution in [0.25, 0.3) is 5.69 Å². The van der Waals surface area contributed by atoms with Gasteiger partial charge in [-0.3, -0.25) is 14.4 Å². The lowest BCUT2D eigenvalue weighted by molar-refractivity contribution is -0.121. The number of carbonyl (C=O) groups excluding carboxylic acids is 1. The number of hydrogen-bond acceptors (Lipinski definition) is 8. The summed E-state index contributed by atoms with van der Waals surface area (Å²) < 4.78 is 13.4. The molecule has 0 aliphatic carbocycles. The molecule has 0 spiro atoms. The number of hydrogen-bond donors (Lipinski definition) is 3. The Hall–Kier alpha value is -4.48. The summed E-state index contributed by atoms with van der Waals surface area (Å²) in [5.41, 5.74) is 4.56. The monoisotopic (exact) mass is 539 g/mol. The topological polar surface area (TPSA) is 131 Å². The first-order valence-corrected chi connectivity index (χ1v) is 13.0. The summed E-state index contributed by atoms with van der Waals surface area (Å²) >= 11 is 0. The smallest absolute Gasteiger partial charge is 0.488 e. The molecule has 40 heavy (non-hydrogen) atoms. The van der Waals surface area contributed by atoms with Crippen LogP contribution in [0.5, 0.6) is 11.5 Å². The predicted octanol–water partition coefficient (Wildman–Crippen LogP) is 2.26. The van der Waals surface area contributed by atoms with Gasteiger partial charge in [0.1, 0.15) is 30.0 Å². The van der Waals surface area contributed by atoms with Crippen LogP contribution in [0.1, 0.15) is 47.7 Å². The van der Waals surface area contributed by atoms with Gasteiger partial charge < -0.3 is 24.8 Å². The number of carbonyl (C=O) groups is 1. The number of rotatable bonds is 9. The van der Waals surface area contributed by atoms with Crippen LogP contribution in [-0.4, -0.2) is 57.2 Å². The summed E-state index contributed by atoms with van der Waals surface area (Å²) in [5, 5.41) is 30.1. The molecule has 1 aliphatic rings. The van der Waals surface area contributed by atoms with Crippen molar-refractivity contribution in [3.05, 3.63) is 95.1 Å². The van der Waals surface area contributed by atoms with Crippen molar-refractivity contribution in [3.63, 3.8) is 0 Å². The van der Waals surface area contributed by atoms with Crippen molar-refractivity contribution < 1.29 is 24.3 Å². The number of nitrogens with zero attached hydrogens (tertiary/aromatic N) is 4. The van der Waals surface area contributed by atoms with E-state index in [0.717, 1.165) is 22.4 Å². The minimum absolute atomic E-state index is 0.114. The molecule has 1 aliphatic heterocycles. The van der Waals surface area contributed by atoms with E-state index in [0.29, 0.717) is 47.5 Å². The van der Waals surface area contributed by atoms with Gasteiger partial charge in [-0.2, -0.15) is 0 Å². The van der Waals surface area contributed by atoms with E-state index in [9.17, 15) is 14.8 Å². The van der Waals surface area contributed by atoms with Gasteiger partial charge in [0.25, 0.3) is 0 Å². The van der Waals surface area contributed by atoms with Gasteiger partial charge in [-0.15, -0.1) is 10.2 Å². The Balaban J connectivity index is 1.49. The first kappa shape index (κ1) is 27.1. The van der Waals surface area contributed by atoms with E-state index in [2.05, 4.69) is 15.5 Å². The zero-order valence-electron chi connectivity index (χ0n) is 22.5. The molecule has 0 bridgehead atoms. The average Bonchev–Trinajstić information content (AvgIpc) is 3.29. The third-order valence-electron chi connectivity index (χ3n) is 6.70. The van der Waals surface area contributed by atoms with Crippen molar-refractivity contribution in [3.8, 4) is 17.2 Å². The van der Waals surface area contributed by atoms with Gasteiger partial charge in [-0.1, -0.05) is 24.3 Å². The number of aryl methyl sites for hydroxylation is 1. The molecule has 0 saturated heterocycles. The van der Waals surface area contributed by atoms with Gasteiger partial charge in [0.05, 0.1) is 24.9 Å². The lowest BCUT2D eigenvalue weighted by Gasteiger charge is -2.14. The molecule has 4 aromatic rings. The molecule has 5 rings (SSSR count). The SMILES string of the molecule is CCNC(=O)C[C@@H]1N=C(c2ccc(OCc3ccc(B(O)O)cc3)cc2)c2cc(OC)ccc2-n2c(C)nnc21. The number of methoxy groups -OCH3 is 1. The molecular formula is C29H30BN5O5. The third-order valence-corrected chi connectivity index (χ3v) is 6.70. The molecule has 204 valence electrons. The van der Waals surface area contributed by atoms with E-state index >= 15 is 0 Å². The molecule has 3 aromatic carbocycles. The molecule has 0 saturated carbocycles. The van der Waals surface area contributed by atoms with Crippen molar-refractivity contribution >= 4 is 24.2 Å². The van der Waals surface area contributed by atoms with Crippen LogP contribution in [0, 0.1) is 6.92 Å². The minimum Gasteiger partial charge on any atom is -0.497 e. The van der Waals surface area contributed by atoms with E-state index in [4.69, 9.17) is 14.5 Å². The van der Waals surface area contributed by atoms with Crippen molar-refractivity contribution in [2.24, 2.45) is 4.99 Å². The van der Waals surface area contributed by atoms with E-state index in [1.54, 1.807) is 31.4 Å². The maximum absolute atomic E-state index is 12.6. The van der Waals surface area contributed by atoms with E-state index in [1.807, 2.05) is 60.9 Å². The Bertz CT molecular complexity index is 1530. The van der Waals surface area contributed by atoms with Gasteiger partial charge in [-0.05, 0) is 67.3 Å². The van der Waals surface area contributed by atoms with Crippen LogP contribution >= 0.6 is 0 Å². The van der Waals surface area contributed by atoms with Gasteiger partial charge in [0.15, 0.2) is 5.82 Å². The Labute approximate surface area is 232 Å². The number of aliphatic imine (C=N–C) groups is 1. The van der Waals surface area contributed by atoms with Crippen LogP contribution in [0.4, 0.5) is 0 Å². The normalized spacial score (nSPS) is 13.9. The molecular weight excluding hydrogens is 509 g/mol. The van der Waals surface area contributed by atoms with Crippen LogP contribution in [0.3, 0.4) is 0 Å². The summed E-state index contributed by atoms with van der Waals surface area (Å²) in [6.45, 7) is 4.61. The highest BCUT2D eigenvalue weighted by atomic mass is 16.5. The highest BCUT2D eigenvalue weighted by Gasteiger charge is 2.30. The quantitative estimate of drug-likeness (QED) is 0.278. The molecule has 3 N–H and O–H groups in total. The third kappa shape index (κ3) is 5.61. The summed E-state index contributed by atoms with van der Waals surface area (Å²) in [6, 6.07) is 19.7. The maximum atomic E-state index is 12.6. The predicted molar refractivity (Wildman–Crippen MR) is 151 cm³/mol. The van der Waals surface area contributed by atoms with Crippen molar-refractivity contribution in [2.45, 2.75) is 32.9 Å². The minimum atomic E-state index is -1.50. The van der Waals surface area contributed by atoms with Gasteiger partial charge in [-0.25, -0.2) is 0 Å². The van der Waals surface area contributed by atoms with Crippen molar-refractivity contribution in [1.82, 2.24) is 20.1 Å². The largest absolute Gasteiger partial charge is 0.497 e. The standard InChI is InChI=1S/C29H30BN5O5/c1-4-31-27(36)16-25-29-34-33-18(2)35(29)26-14-13-23(39-3)15-24(26)28(32-25)20-7-11-22(12-8-20)40-17-19-5-9-21(10-6-19)30(37)38/h5-15,25,37-38H,4,16-17H2,1-3H3,(H,31,36)/t25-/m0/s1. The molecule has 0 unspecified atom stereocenters. The van der Waals surface area contributed by atoms with E-state index in [-0.39, 0.29) is 12.3 Å². The number of nitrogens with one attached hydrogen (secondary N) is 1. The molecule has 1 aromatic heterocycles. The lowest BCUT2D eigenvalue weighted by Crippen LogP contribution is -2.29. The number of benzene rings is 3. The van der Waals surface area contributed by atoms with Crippen LogP contribution in [-0.2, 0) is 11.4 Å². The molecule has 1 amide bonds. The van der Waals surface area contributed by atoms with Crippen LogP contribution < -0.4 is 20.3 Å². The molecule has 0 radical (unpaired) electrons. The van der Waals surface area contributed by atoms with Gasteiger partial charge in [0.2, 0.25) is 5.91 Å². The second kappa shape index (κ2) is 11.7. The van der Waals surface area contributed by atoms with Crippen molar-refractivity contribution in [1.29, 1.82) is 0 Å². The zero-order chi connectivity index (χ0) is 28.2. The second-order valence-corrected chi connectivity index (χ2v) is 9.40. The Morgan fingerprint density at radius 1 is 1.02 bits per heavy atom.